The van der Waals surface area contributed by atoms with Crippen molar-refractivity contribution < 1.29 is 32.7 Å². The van der Waals surface area contributed by atoms with Crippen LogP contribution in [0.3, 0.4) is 0 Å². The number of rotatable bonds is 0. The fourth-order valence-corrected chi connectivity index (χ4v) is 0. The Morgan fingerprint density at radius 2 is 1.33 bits per heavy atom. The van der Waals surface area contributed by atoms with Gasteiger partial charge in [-0.05, 0) is 0 Å². The molecule has 0 nitrogen and oxygen atoms in total. The van der Waals surface area contributed by atoms with Crippen molar-refractivity contribution in [1.82, 2.24) is 0 Å². The molecule has 0 rings (SSSR count). The van der Waals surface area contributed by atoms with E-state index in [9.17, 15) is 0 Å². The van der Waals surface area contributed by atoms with Crippen molar-refractivity contribution >= 4 is 0 Å². The summed E-state index contributed by atoms with van der Waals surface area (Å²) in [7, 11) is 0. The van der Waals surface area contributed by atoms with Gasteiger partial charge in [0.05, 0.1) is 0 Å². The third-order valence-corrected chi connectivity index (χ3v) is 0. The maximum Gasteiger partial charge on any atom is 0 e. The van der Waals surface area contributed by atoms with Crippen molar-refractivity contribution in [3.05, 3.63) is 19.6 Å². The van der Waals surface area contributed by atoms with E-state index in [0.29, 0.717) is 0 Å². The molecule has 0 atom stereocenters. The second-order valence-corrected chi connectivity index (χ2v) is 0.577. The molecule has 0 saturated heterocycles. The molecule has 1 heteroatoms. The van der Waals surface area contributed by atoms with Crippen LogP contribution in [0.25, 0.3) is 0 Å². The Kier molecular flexibility index (Phi) is 106. The topological polar surface area (TPSA) is 0 Å². The molecule has 6 heavy (non-hydrogen) atoms. The predicted octanol–water partition coefficient (Wildman–Crippen LogP) is 1.83. The van der Waals surface area contributed by atoms with Gasteiger partial charge < -0.3 is 13.0 Å². The Balaban J connectivity index is -0.0000000275. The van der Waals surface area contributed by atoms with Crippen LogP contribution in [-0.2, 0) is 32.7 Å². The summed E-state index contributed by atoms with van der Waals surface area (Å²) >= 11 is 0. The summed E-state index contributed by atoms with van der Waals surface area (Å²) in [6.45, 7) is 11.0. The van der Waals surface area contributed by atoms with E-state index >= 15 is 0 Å². The molecule has 0 aromatic heterocycles. The van der Waals surface area contributed by atoms with E-state index in [1.165, 1.54) is 0 Å². The van der Waals surface area contributed by atoms with Gasteiger partial charge in [-0.25, -0.2) is 0 Å². The first-order chi connectivity index (χ1) is 2.41. The van der Waals surface area contributed by atoms with Crippen molar-refractivity contribution in [2.75, 3.05) is 0 Å². The van der Waals surface area contributed by atoms with Crippen LogP contribution in [0.1, 0.15) is 13.8 Å². The molecular formula is C5H10Y-2. The summed E-state index contributed by atoms with van der Waals surface area (Å²) < 4.78 is 0. The molecular weight excluding hydrogens is 149 g/mol. The van der Waals surface area contributed by atoms with Gasteiger partial charge in [0.15, 0.2) is 0 Å². The molecule has 0 spiro atoms. The minimum atomic E-state index is 0. The van der Waals surface area contributed by atoms with Crippen LogP contribution in [0.2, 0.25) is 0 Å². The standard InChI is InChI=1S/C3H7.C2H3.Y/c1-3-2;1-2;/h3H,1-2H3;1H,2H2;/q2*-1;. The Morgan fingerprint density at radius 1 is 1.33 bits per heavy atom. The first-order valence-electron chi connectivity index (χ1n) is 1.56. The molecule has 0 unspecified atom stereocenters. The summed E-state index contributed by atoms with van der Waals surface area (Å²) in [6.07, 6.45) is 2.00. The van der Waals surface area contributed by atoms with Crippen molar-refractivity contribution in [3.63, 3.8) is 0 Å². The van der Waals surface area contributed by atoms with Gasteiger partial charge >= 0.3 is 0 Å². The average Bonchev–Trinajstić information content (AvgIpc) is 1.46. The first-order valence-corrected chi connectivity index (χ1v) is 1.56. The van der Waals surface area contributed by atoms with E-state index in [0.717, 1.165) is 0 Å². The van der Waals surface area contributed by atoms with Gasteiger partial charge in [-0.15, -0.1) is 0 Å². The van der Waals surface area contributed by atoms with Gasteiger partial charge in [0, 0.05) is 32.7 Å². The molecule has 0 bridgehead atoms. The quantitative estimate of drug-likeness (QED) is 0.473. The predicted molar refractivity (Wildman–Crippen MR) is 25.6 cm³/mol. The third kappa shape index (κ3) is 100. The second kappa shape index (κ2) is 40.3. The van der Waals surface area contributed by atoms with E-state index in [1.54, 1.807) is 0 Å². The van der Waals surface area contributed by atoms with Gasteiger partial charge in [0.2, 0.25) is 0 Å². The van der Waals surface area contributed by atoms with Gasteiger partial charge in [0.1, 0.15) is 0 Å². The van der Waals surface area contributed by atoms with Gasteiger partial charge in [-0.2, -0.15) is 13.8 Å². The molecule has 0 heterocycles. The van der Waals surface area contributed by atoms with E-state index < -0.39 is 0 Å². The van der Waals surface area contributed by atoms with Crippen LogP contribution < -0.4 is 0 Å². The SMILES string of the molecule is C[CH-]C.[CH-]=C.[Y]. The van der Waals surface area contributed by atoms with Crippen molar-refractivity contribution in [2.24, 2.45) is 0 Å². The first kappa shape index (κ1) is 15.8. The molecule has 0 aliphatic rings. The molecule has 0 N–H and O–H groups in total. The monoisotopic (exact) mass is 159 g/mol. The molecule has 0 aliphatic carbocycles. The third-order valence-electron chi connectivity index (χ3n) is 0. The number of hydrogen-bond acceptors (Lipinski definition) is 0. The second-order valence-electron chi connectivity index (χ2n) is 0.577. The summed E-state index contributed by atoms with van der Waals surface area (Å²) in [5.74, 6) is 0. The minimum Gasteiger partial charge on any atom is -0.521 e. The Bertz CT molecular complexity index is 7.90. The smallest absolute Gasteiger partial charge is 0 e. The zero-order chi connectivity index (χ0) is 4.71. The fraction of sp³-hybridized carbons (Fsp3) is 0.400. The zero-order valence-electron chi connectivity index (χ0n) is 4.44. The number of hydrogen-bond donors (Lipinski definition) is 0. The van der Waals surface area contributed by atoms with Crippen LogP contribution >= 0.6 is 0 Å². The molecule has 1 radical (unpaired) electrons. The van der Waals surface area contributed by atoms with Crippen LogP contribution in [0.5, 0.6) is 0 Å². The molecule has 0 aromatic rings. The molecule has 0 aliphatic heterocycles. The van der Waals surface area contributed by atoms with Crippen molar-refractivity contribution in [2.45, 2.75) is 13.8 Å². The molecule has 35 valence electrons. The largest absolute Gasteiger partial charge is 0.521 e. The van der Waals surface area contributed by atoms with Crippen molar-refractivity contribution in [3.8, 4) is 0 Å². The average molecular weight is 159 g/mol. The molecule has 0 fully saturated rings. The van der Waals surface area contributed by atoms with Crippen LogP contribution in [0, 0.1) is 13.0 Å². The van der Waals surface area contributed by atoms with E-state index in [2.05, 4.69) is 13.2 Å². The maximum atomic E-state index is 4.25. The Labute approximate surface area is 65.9 Å². The maximum absolute atomic E-state index is 4.25. The minimum absolute atomic E-state index is 0. The van der Waals surface area contributed by atoms with Crippen LogP contribution in [-0.4, -0.2) is 0 Å². The summed E-state index contributed by atoms with van der Waals surface area (Å²) in [5.41, 5.74) is 0. The fourth-order valence-electron chi connectivity index (χ4n) is 0. The molecule has 0 aromatic carbocycles. The van der Waals surface area contributed by atoms with Crippen LogP contribution in [0.15, 0.2) is 6.58 Å². The Morgan fingerprint density at radius 3 is 1.33 bits per heavy atom. The normalized spacial score (nSPS) is 3.67. The van der Waals surface area contributed by atoms with Crippen molar-refractivity contribution in [1.29, 1.82) is 0 Å². The zero-order valence-corrected chi connectivity index (χ0v) is 7.28. The summed E-state index contributed by atoms with van der Waals surface area (Å²) in [6, 6.07) is 0. The van der Waals surface area contributed by atoms with E-state index in [-0.39, 0.29) is 32.7 Å². The molecule has 0 amide bonds. The van der Waals surface area contributed by atoms with Crippen LogP contribution in [0.4, 0.5) is 0 Å². The summed E-state index contributed by atoms with van der Waals surface area (Å²) in [5, 5.41) is 0. The van der Waals surface area contributed by atoms with Gasteiger partial charge in [0.25, 0.3) is 0 Å². The summed E-state index contributed by atoms with van der Waals surface area (Å²) in [4.78, 5) is 0. The van der Waals surface area contributed by atoms with E-state index in [1.807, 2.05) is 20.3 Å². The van der Waals surface area contributed by atoms with E-state index in [4.69, 9.17) is 0 Å². The molecule has 0 saturated carbocycles. The van der Waals surface area contributed by atoms with Gasteiger partial charge in [-0.1, -0.05) is 0 Å². The van der Waals surface area contributed by atoms with Gasteiger partial charge in [-0.3, -0.25) is 6.58 Å². The Hall–Kier alpha value is 0.844.